The van der Waals surface area contributed by atoms with Crippen molar-refractivity contribution in [3.8, 4) is 0 Å². The van der Waals surface area contributed by atoms with Gasteiger partial charge in [0.1, 0.15) is 0 Å². The number of halogens is 1. The van der Waals surface area contributed by atoms with Crippen LogP contribution >= 0.6 is 15.9 Å². The van der Waals surface area contributed by atoms with E-state index >= 15 is 0 Å². The molecule has 1 amide bonds. The summed E-state index contributed by atoms with van der Waals surface area (Å²) < 4.78 is 27.9. The highest BCUT2D eigenvalue weighted by Crippen LogP contribution is 2.22. The van der Waals surface area contributed by atoms with Crippen LogP contribution in [0.2, 0.25) is 0 Å². The topological polar surface area (TPSA) is 87.3 Å². The first kappa shape index (κ1) is 20.8. The number of amides is 1. The maximum absolute atomic E-state index is 12.1. The highest BCUT2D eigenvalue weighted by molar-refractivity contribution is 9.10. The second-order valence-corrected chi connectivity index (χ2v) is 9.56. The Hall–Kier alpha value is -1.90. The van der Waals surface area contributed by atoms with E-state index < -0.39 is 10.0 Å². The van der Waals surface area contributed by atoms with Crippen molar-refractivity contribution in [2.75, 3.05) is 5.43 Å². The van der Waals surface area contributed by atoms with E-state index in [9.17, 15) is 13.2 Å². The Morgan fingerprint density at radius 2 is 1.68 bits per heavy atom. The molecule has 2 aromatic rings. The van der Waals surface area contributed by atoms with Gasteiger partial charge in [-0.25, -0.2) is 13.1 Å². The fourth-order valence-electron chi connectivity index (χ4n) is 2.68. The highest BCUT2D eigenvalue weighted by atomic mass is 79.9. The number of hydrogen-bond acceptors (Lipinski definition) is 4. The third-order valence-corrected chi connectivity index (χ3v) is 6.51. The molecule has 6 nitrogen and oxygen atoms in total. The monoisotopic (exact) mass is 465 g/mol. The highest BCUT2D eigenvalue weighted by Gasteiger charge is 2.27. The Bertz CT molecular complexity index is 895. The quantitative estimate of drug-likeness (QED) is 0.368. The van der Waals surface area contributed by atoms with Gasteiger partial charge in [0.2, 0.25) is 15.9 Å². The van der Waals surface area contributed by atoms with Gasteiger partial charge in [0, 0.05) is 16.9 Å². The van der Waals surface area contributed by atoms with Crippen LogP contribution in [0.15, 0.2) is 57.9 Å². The summed E-state index contributed by atoms with van der Waals surface area (Å²) in [5.74, 6) is -0.0945. The summed E-state index contributed by atoms with van der Waals surface area (Å²) >= 11 is 3.42. The molecule has 0 saturated heterocycles. The van der Waals surface area contributed by atoms with E-state index in [0.717, 1.165) is 36.6 Å². The minimum Gasteiger partial charge on any atom is -0.299 e. The number of nitrogens with one attached hydrogen (secondary N) is 3. The minimum atomic E-state index is -3.45. The molecule has 3 rings (SSSR count). The fraction of sp³-hybridized carbons (Fsp3) is 0.350. The van der Waals surface area contributed by atoms with Crippen LogP contribution in [0, 0.1) is 0 Å². The molecule has 1 aliphatic carbocycles. The van der Waals surface area contributed by atoms with Gasteiger partial charge in [0.05, 0.1) is 10.6 Å². The predicted molar refractivity (Wildman–Crippen MR) is 113 cm³/mol. The summed E-state index contributed by atoms with van der Waals surface area (Å²) in [5, 5.41) is 0. The molecule has 0 aliphatic heterocycles. The van der Waals surface area contributed by atoms with Crippen LogP contribution in [0.1, 0.15) is 37.7 Å². The molecule has 3 N–H and O–H groups in total. The van der Waals surface area contributed by atoms with E-state index in [1.165, 1.54) is 17.7 Å². The molecular weight excluding hydrogens is 442 g/mol. The second-order valence-electron chi connectivity index (χ2n) is 6.93. The van der Waals surface area contributed by atoms with Crippen molar-refractivity contribution >= 4 is 37.5 Å². The van der Waals surface area contributed by atoms with Crippen LogP contribution in [0.3, 0.4) is 0 Å². The SMILES string of the molecule is O=C(CCCCc1ccc(Br)cc1)NNc1ccc(S(=O)(=O)NC2CC2)cc1. The Labute approximate surface area is 174 Å². The van der Waals surface area contributed by atoms with Gasteiger partial charge in [0.25, 0.3) is 0 Å². The number of unbranched alkanes of at least 4 members (excludes halogenated alkanes) is 1. The van der Waals surface area contributed by atoms with Crippen molar-refractivity contribution in [2.45, 2.75) is 49.5 Å². The Morgan fingerprint density at radius 1 is 1.00 bits per heavy atom. The van der Waals surface area contributed by atoms with E-state index in [2.05, 4.69) is 43.6 Å². The standard InChI is InChI=1S/C20H24BrN3O3S/c21-16-7-5-15(6-8-16)3-1-2-4-20(25)23-22-17-11-13-19(14-12-17)28(26,27)24-18-9-10-18/h5-8,11-14,18,22,24H,1-4,9-10H2,(H,23,25). The van der Waals surface area contributed by atoms with Crippen molar-refractivity contribution in [2.24, 2.45) is 0 Å². The first-order chi connectivity index (χ1) is 13.4. The minimum absolute atomic E-state index is 0.0749. The molecule has 150 valence electrons. The molecule has 1 saturated carbocycles. The molecule has 28 heavy (non-hydrogen) atoms. The summed E-state index contributed by atoms with van der Waals surface area (Å²) in [7, 11) is -3.45. The number of benzene rings is 2. The van der Waals surface area contributed by atoms with E-state index in [4.69, 9.17) is 0 Å². The van der Waals surface area contributed by atoms with E-state index in [1.54, 1.807) is 12.1 Å². The zero-order valence-electron chi connectivity index (χ0n) is 15.4. The predicted octanol–water partition coefficient (Wildman–Crippen LogP) is 3.75. The summed E-state index contributed by atoms with van der Waals surface area (Å²) in [6, 6.07) is 14.6. The van der Waals surface area contributed by atoms with Crippen LogP contribution in [-0.4, -0.2) is 20.4 Å². The third kappa shape index (κ3) is 6.61. The fourth-order valence-corrected chi connectivity index (χ4v) is 4.25. The zero-order chi connectivity index (χ0) is 20.0. The van der Waals surface area contributed by atoms with Crippen LogP contribution in [0.5, 0.6) is 0 Å². The van der Waals surface area contributed by atoms with Crippen molar-refractivity contribution in [3.05, 3.63) is 58.6 Å². The van der Waals surface area contributed by atoms with Gasteiger partial charge >= 0.3 is 0 Å². The summed E-state index contributed by atoms with van der Waals surface area (Å²) in [6.45, 7) is 0. The van der Waals surface area contributed by atoms with Crippen molar-refractivity contribution in [3.63, 3.8) is 0 Å². The summed E-state index contributed by atoms with van der Waals surface area (Å²) in [6.07, 6.45) is 4.91. The molecule has 0 radical (unpaired) electrons. The Kier molecular flexibility index (Phi) is 7.09. The van der Waals surface area contributed by atoms with Gasteiger partial charge < -0.3 is 0 Å². The number of aryl methyl sites for hydroxylation is 1. The normalized spacial score (nSPS) is 13.9. The van der Waals surface area contributed by atoms with Gasteiger partial charge in [-0.05, 0) is 74.1 Å². The van der Waals surface area contributed by atoms with Crippen LogP contribution in [-0.2, 0) is 21.2 Å². The molecule has 2 aromatic carbocycles. The zero-order valence-corrected chi connectivity index (χ0v) is 17.9. The number of carbonyl (C=O) groups is 1. The van der Waals surface area contributed by atoms with Gasteiger partial charge in [-0.1, -0.05) is 28.1 Å². The maximum Gasteiger partial charge on any atom is 0.240 e. The van der Waals surface area contributed by atoms with Crippen LogP contribution < -0.4 is 15.6 Å². The van der Waals surface area contributed by atoms with Gasteiger partial charge in [0.15, 0.2) is 0 Å². The molecule has 0 bridgehead atoms. The summed E-state index contributed by atoms with van der Waals surface area (Å²) in [5.41, 5.74) is 7.36. The first-order valence-corrected chi connectivity index (χ1v) is 11.6. The average molecular weight is 466 g/mol. The molecule has 1 aliphatic rings. The average Bonchev–Trinajstić information content (AvgIpc) is 3.48. The van der Waals surface area contributed by atoms with Crippen molar-refractivity contribution in [1.29, 1.82) is 0 Å². The van der Waals surface area contributed by atoms with Gasteiger partial charge in [-0.3, -0.25) is 15.6 Å². The smallest absolute Gasteiger partial charge is 0.240 e. The Morgan fingerprint density at radius 3 is 2.32 bits per heavy atom. The molecule has 8 heteroatoms. The molecule has 0 spiro atoms. The number of rotatable bonds is 10. The van der Waals surface area contributed by atoms with Crippen LogP contribution in [0.4, 0.5) is 5.69 Å². The summed E-state index contributed by atoms with van der Waals surface area (Å²) in [4.78, 5) is 12.2. The largest absolute Gasteiger partial charge is 0.299 e. The maximum atomic E-state index is 12.1. The van der Waals surface area contributed by atoms with Crippen molar-refractivity contribution < 1.29 is 13.2 Å². The Balaban J connectivity index is 1.36. The first-order valence-electron chi connectivity index (χ1n) is 9.34. The third-order valence-electron chi connectivity index (χ3n) is 4.44. The lowest BCUT2D eigenvalue weighted by molar-refractivity contribution is -0.120. The molecule has 0 unspecified atom stereocenters. The lowest BCUT2D eigenvalue weighted by Crippen LogP contribution is -2.29. The molecule has 0 aromatic heterocycles. The lowest BCUT2D eigenvalue weighted by atomic mass is 10.1. The van der Waals surface area contributed by atoms with Gasteiger partial charge in [-0.15, -0.1) is 0 Å². The van der Waals surface area contributed by atoms with Crippen molar-refractivity contribution in [1.82, 2.24) is 10.1 Å². The number of sulfonamides is 1. The number of anilines is 1. The van der Waals surface area contributed by atoms with E-state index in [-0.39, 0.29) is 16.8 Å². The molecular formula is C20H24BrN3O3S. The molecule has 0 atom stereocenters. The number of hydrazine groups is 1. The van der Waals surface area contributed by atoms with Gasteiger partial charge in [-0.2, -0.15) is 0 Å². The second kappa shape index (κ2) is 9.54. The molecule has 1 fully saturated rings. The number of hydrogen-bond donors (Lipinski definition) is 3. The molecule has 0 heterocycles. The number of carbonyl (C=O) groups excluding carboxylic acids is 1. The van der Waals surface area contributed by atoms with E-state index in [1.807, 2.05) is 12.1 Å². The van der Waals surface area contributed by atoms with E-state index in [0.29, 0.717) is 12.1 Å². The lowest BCUT2D eigenvalue weighted by Gasteiger charge is -2.10. The van der Waals surface area contributed by atoms with Crippen LogP contribution in [0.25, 0.3) is 0 Å².